The molecule has 2 aliphatic heterocycles. The van der Waals surface area contributed by atoms with Crippen LogP contribution in [0.2, 0.25) is 0 Å². The lowest BCUT2D eigenvalue weighted by atomic mass is 9.82. The Balaban J connectivity index is 1.72. The quantitative estimate of drug-likeness (QED) is 0.390. The number of likely N-dealkylation sites (tertiary alicyclic amines) is 1. The van der Waals surface area contributed by atoms with E-state index in [0.29, 0.717) is 42.6 Å². The summed E-state index contributed by atoms with van der Waals surface area (Å²) in [5.74, 6) is 0.294. The first-order valence-electron chi connectivity index (χ1n) is 13.8. The molecule has 0 aromatic heterocycles. The van der Waals surface area contributed by atoms with Crippen molar-refractivity contribution >= 4 is 11.9 Å². The van der Waals surface area contributed by atoms with Gasteiger partial charge in [-0.25, -0.2) is 0 Å². The maximum atomic E-state index is 13.6. The topological polar surface area (TPSA) is 97.8 Å². The number of benzene rings is 2. The van der Waals surface area contributed by atoms with Gasteiger partial charge in [-0.15, -0.1) is 0 Å². The Morgan fingerprint density at radius 1 is 0.949 bits per heavy atom. The summed E-state index contributed by atoms with van der Waals surface area (Å²) in [6.45, 7) is 6.34. The van der Waals surface area contributed by atoms with Gasteiger partial charge in [-0.1, -0.05) is 38.8 Å². The van der Waals surface area contributed by atoms with Crippen molar-refractivity contribution in [2.75, 3.05) is 47.2 Å². The summed E-state index contributed by atoms with van der Waals surface area (Å²) in [7, 11) is 3.12. The van der Waals surface area contributed by atoms with Crippen molar-refractivity contribution in [3.63, 3.8) is 0 Å². The number of fused-ring (bicyclic) bond motifs is 1. The number of carboxylic acid groups (broad SMARTS) is 1. The third-order valence-electron chi connectivity index (χ3n) is 7.71. The number of hydrogen-bond donors (Lipinski definition) is 1. The highest BCUT2D eigenvalue weighted by molar-refractivity contribution is 5.79. The van der Waals surface area contributed by atoms with Gasteiger partial charge in [0.2, 0.25) is 12.7 Å². The number of carbonyl (C=O) groups is 2. The zero-order valence-corrected chi connectivity index (χ0v) is 23.4. The second-order valence-corrected chi connectivity index (χ2v) is 10.2. The van der Waals surface area contributed by atoms with E-state index in [2.05, 4.69) is 13.8 Å². The summed E-state index contributed by atoms with van der Waals surface area (Å²) in [6.07, 6.45) is 3.88. The lowest BCUT2D eigenvalue weighted by molar-refractivity contribution is -0.144. The van der Waals surface area contributed by atoms with Crippen LogP contribution in [-0.4, -0.2) is 74.0 Å². The number of ether oxygens (including phenoxy) is 4. The third-order valence-corrected chi connectivity index (χ3v) is 7.71. The number of carbonyl (C=O) groups excluding carboxylic acids is 1. The van der Waals surface area contributed by atoms with E-state index in [-0.39, 0.29) is 25.2 Å². The molecule has 1 N–H and O–H groups in total. The zero-order valence-electron chi connectivity index (χ0n) is 23.4. The fourth-order valence-corrected chi connectivity index (χ4v) is 5.64. The first-order valence-corrected chi connectivity index (χ1v) is 13.8. The molecule has 1 fully saturated rings. The molecule has 3 atom stereocenters. The summed E-state index contributed by atoms with van der Waals surface area (Å²) >= 11 is 0. The van der Waals surface area contributed by atoms with Crippen LogP contribution in [0.15, 0.2) is 36.4 Å². The molecule has 212 valence electrons. The molecule has 2 aliphatic rings. The minimum Gasteiger partial charge on any atom is -0.493 e. The molecular weight excluding hydrogens is 500 g/mol. The first kappa shape index (κ1) is 28.5. The van der Waals surface area contributed by atoms with E-state index < -0.39 is 17.9 Å². The molecule has 2 aromatic carbocycles. The Bertz CT molecular complexity index is 1150. The maximum Gasteiger partial charge on any atom is 0.309 e. The van der Waals surface area contributed by atoms with Gasteiger partial charge in [-0.2, -0.15) is 0 Å². The van der Waals surface area contributed by atoms with Crippen molar-refractivity contribution in [2.45, 2.75) is 51.5 Å². The Labute approximate surface area is 230 Å². The number of methoxy groups -OCH3 is 2. The van der Waals surface area contributed by atoms with Crippen molar-refractivity contribution in [3.8, 4) is 23.0 Å². The number of aliphatic carboxylic acids is 1. The highest BCUT2D eigenvalue weighted by atomic mass is 16.7. The summed E-state index contributed by atoms with van der Waals surface area (Å²) in [5, 5.41) is 10.6. The fraction of sp³-hybridized carbons (Fsp3) is 0.533. The van der Waals surface area contributed by atoms with Crippen LogP contribution in [0, 0.1) is 5.92 Å². The Kier molecular flexibility index (Phi) is 9.56. The molecule has 9 heteroatoms. The van der Waals surface area contributed by atoms with Crippen LogP contribution >= 0.6 is 0 Å². The minimum absolute atomic E-state index is 0.0258. The molecule has 0 saturated carbocycles. The summed E-state index contributed by atoms with van der Waals surface area (Å²) in [4.78, 5) is 30.5. The van der Waals surface area contributed by atoms with E-state index in [4.69, 9.17) is 18.9 Å². The average molecular weight is 541 g/mol. The van der Waals surface area contributed by atoms with E-state index >= 15 is 0 Å². The summed E-state index contributed by atoms with van der Waals surface area (Å²) in [5.41, 5.74) is 1.62. The first-order chi connectivity index (χ1) is 18.9. The maximum absolute atomic E-state index is 13.6. The smallest absolute Gasteiger partial charge is 0.309 e. The third kappa shape index (κ3) is 6.24. The fourth-order valence-electron chi connectivity index (χ4n) is 5.64. The standard InChI is InChI=1S/C30H40N2O7/c1-5-7-13-31(14-8-6-2)27(33)18-32-17-22(20-9-12-24-26(15-20)39-19-38-24)28(30(34)35)29(32)21-10-11-23(36-3)25(16-21)37-4/h9-12,15-16,22,28-29H,5-8,13-14,17-19H2,1-4H3,(H,34,35)/t22-,28-,29+/m0/s1. The van der Waals surface area contributed by atoms with Crippen molar-refractivity contribution < 1.29 is 33.6 Å². The van der Waals surface area contributed by atoms with Gasteiger partial charge in [0, 0.05) is 31.6 Å². The van der Waals surface area contributed by atoms with Crippen LogP contribution in [-0.2, 0) is 9.59 Å². The summed E-state index contributed by atoms with van der Waals surface area (Å²) < 4.78 is 22.0. The molecule has 0 aliphatic carbocycles. The van der Waals surface area contributed by atoms with E-state index in [1.165, 1.54) is 0 Å². The molecule has 0 unspecified atom stereocenters. The number of unbranched alkanes of at least 4 members (excludes halogenated alkanes) is 2. The minimum atomic E-state index is -0.916. The number of rotatable bonds is 13. The highest BCUT2D eigenvalue weighted by Gasteiger charge is 2.48. The second kappa shape index (κ2) is 13.1. The monoisotopic (exact) mass is 540 g/mol. The molecule has 0 radical (unpaired) electrons. The number of amides is 1. The van der Waals surface area contributed by atoms with Gasteiger partial charge in [0.25, 0.3) is 0 Å². The molecule has 4 rings (SSSR count). The van der Waals surface area contributed by atoms with E-state index in [1.54, 1.807) is 20.3 Å². The predicted octanol–water partition coefficient (Wildman–Crippen LogP) is 4.70. The van der Waals surface area contributed by atoms with Crippen molar-refractivity contribution in [3.05, 3.63) is 47.5 Å². The molecule has 2 aromatic rings. The molecule has 0 spiro atoms. The number of hydrogen-bond acceptors (Lipinski definition) is 7. The molecular formula is C30H40N2O7. The van der Waals surface area contributed by atoms with Gasteiger partial charge in [0.05, 0.1) is 26.7 Å². The van der Waals surface area contributed by atoms with Crippen molar-refractivity contribution in [1.29, 1.82) is 0 Å². The van der Waals surface area contributed by atoms with Crippen LogP contribution < -0.4 is 18.9 Å². The van der Waals surface area contributed by atoms with Gasteiger partial charge < -0.3 is 29.0 Å². The molecule has 1 amide bonds. The molecule has 9 nitrogen and oxygen atoms in total. The molecule has 0 bridgehead atoms. The van der Waals surface area contributed by atoms with Crippen molar-refractivity contribution in [2.24, 2.45) is 5.92 Å². The lowest BCUT2D eigenvalue weighted by Crippen LogP contribution is -2.42. The molecule has 2 heterocycles. The summed E-state index contributed by atoms with van der Waals surface area (Å²) in [6, 6.07) is 10.5. The van der Waals surface area contributed by atoms with Crippen LogP contribution in [0.3, 0.4) is 0 Å². The zero-order chi connectivity index (χ0) is 27.9. The van der Waals surface area contributed by atoms with Crippen LogP contribution in [0.1, 0.15) is 62.6 Å². The normalized spacial score (nSPS) is 20.2. The van der Waals surface area contributed by atoms with Crippen LogP contribution in [0.4, 0.5) is 0 Å². The second-order valence-electron chi connectivity index (χ2n) is 10.2. The van der Waals surface area contributed by atoms with Gasteiger partial charge >= 0.3 is 5.97 Å². The average Bonchev–Trinajstić information content (AvgIpc) is 3.57. The Morgan fingerprint density at radius 2 is 1.62 bits per heavy atom. The van der Waals surface area contributed by atoms with Gasteiger partial charge in [0.15, 0.2) is 23.0 Å². The Hall–Kier alpha value is -3.46. The number of nitrogens with zero attached hydrogens (tertiary/aromatic N) is 2. The van der Waals surface area contributed by atoms with Gasteiger partial charge in [0.1, 0.15) is 0 Å². The highest BCUT2D eigenvalue weighted by Crippen LogP contribution is 2.48. The van der Waals surface area contributed by atoms with E-state index in [9.17, 15) is 14.7 Å². The van der Waals surface area contributed by atoms with Crippen LogP contribution in [0.25, 0.3) is 0 Å². The van der Waals surface area contributed by atoms with Gasteiger partial charge in [-0.05, 0) is 48.2 Å². The predicted molar refractivity (Wildman–Crippen MR) is 147 cm³/mol. The van der Waals surface area contributed by atoms with E-state index in [1.807, 2.05) is 40.1 Å². The largest absolute Gasteiger partial charge is 0.493 e. The SMILES string of the molecule is CCCCN(CCCC)C(=O)CN1C[C@@H](c2ccc3c(c2)OCO3)[C@H](C(=O)O)[C@H]1c1ccc(OC)c(OC)c1. The molecule has 1 saturated heterocycles. The lowest BCUT2D eigenvalue weighted by Gasteiger charge is -2.30. The van der Waals surface area contributed by atoms with E-state index in [0.717, 1.165) is 36.8 Å². The molecule has 39 heavy (non-hydrogen) atoms. The van der Waals surface area contributed by atoms with Gasteiger partial charge in [-0.3, -0.25) is 14.5 Å². The van der Waals surface area contributed by atoms with Crippen LogP contribution in [0.5, 0.6) is 23.0 Å². The number of carboxylic acids is 1. The van der Waals surface area contributed by atoms with Crippen molar-refractivity contribution in [1.82, 2.24) is 9.80 Å². The Morgan fingerprint density at radius 3 is 2.26 bits per heavy atom.